The average Bonchev–Trinajstić information content (AvgIpc) is 3.19. The van der Waals surface area contributed by atoms with E-state index in [0.717, 1.165) is 11.5 Å². The molecule has 0 radical (unpaired) electrons. The van der Waals surface area contributed by atoms with Crippen molar-refractivity contribution in [1.29, 1.82) is 0 Å². The molecule has 2 aromatic carbocycles. The molecule has 3 aromatic rings. The van der Waals surface area contributed by atoms with Crippen molar-refractivity contribution in [2.45, 2.75) is 31.5 Å². The molecule has 2 N–H and O–H groups in total. The van der Waals surface area contributed by atoms with Crippen LogP contribution in [0.1, 0.15) is 19.2 Å². The summed E-state index contributed by atoms with van der Waals surface area (Å²) in [6.45, 7) is 2.63. The molecule has 3 rings (SSSR count). The number of methoxy groups -OCH3 is 1. The van der Waals surface area contributed by atoms with Crippen LogP contribution < -0.4 is 15.4 Å². The number of aromatic nitrogens is 3. The highest BCUT2D eigenvalue weighted by Gasteiger charge is 2.15. The van der Waals surface area contributed by atoms with Crippen molar-refractivity contribution in [3.63, 3.8) is 0 Å². The molecule has 0 unspecified atom stereocenters. The van der Waals surface area contributed by atoms with Crippen LogP contribution in [0.3, 0.4) is 0 Å². The maximum Gasteiger partial charge on any atom is 0.234 e. The fourth-order valence-electron chi connectivity index (χ4n) is 2.96. The molecule has 0 aliphatic heterocycles. The van der Waals surface area contributed by atoms with Gasteiger partial charge in [-0.05, 0) is 31.2 Å². The second-order valence-corrected chi connectivity index (χ2v) is 7.54. The lowest BCUT2D eigenvalue weighted by Crippen LogP contribution is -2.16. The number of benzene rings is 2. The standard InChI is InChI=1S/C22H25N5O3S/c1-3-27-19(13-14-20(28)23-16-9-5-4-6-10-16)25-26-22(27)31-15-21(29)24-17-11-7-8-12-18(17)30-2/h4-12H,3,13-15H2,1-2H3,(H,23,28)(H,24,29). The van der Waals surface area contributed by atoms with E-state index in [0.29, 0.717) is 36.0 Å². The number of hydrogen-bond donors (Lipinski definition) is 2. The molecule has 0 aliphatic rings. The largest absolute Gasteiger partial charge is 0.495 e. The molecule has 1 aromatic heterocycles. The summed E-state index contributed by atoms with van der Waals surface area (Å²) in [6, 6.07) is 16.6. The van der Waals surface area contributed by atoms with Gasteiger partial charge in [-0.2, -0.15) is 0 Å². The summed E-state index contributed by atoms with van der Waals surface area (Å²) in [5, 5.41) is 14.8. The lowest BCUT2D eigenvalue weighted by atomic mass is 10.2. The Morgan fingerprint density at radius 1 is 1.00 bits per heavy atom. The number of anilines is 2. The van der Waals surface area contributed by atoms with Crippen LogP contribution in [0.2, 0.25) is 0 Å². The Labute approximate surface area is 185 Å². The van der Waals surface area contributed by atoms with Gasteiger partial charge in [-0.3, -0.25) is 9.59 Å². The minimum atomic E-state index is -0.163. The van der Waals surface area contributed by atoms with Gasteiger partial charge in [0.15, 0.2) is 5.16 Å². The van der Waals surface area contributed by atoms with E-state index >= 15 is 0 Å². The third kappa shape index (κ3) is 6.32. The number of carbonyl (C=O) groups is 2. The Hall–Kier alpha value is -3.33. The van der Waals surface area contributed by atoms with E-state index in [1.54, 1.807) is 19.2 Å². The number of nitrogens with one attached hydrogen (secondary N) is 2. The second-order valence-electron chi connectivity index (χ2n) is 6.59. The van der Waals surface area contributed by atoms with E-state index in [1.165, 1.54) is 11.8 Å². The van der Waals surface area contributed by atoms with Crippen molar-refractivity contribution in [2.75, 3.05) is 23.5 Å². The Kier molecular flexibility index (Phi) is 8.05. The zero-order valence-electron chi connectivity index (χ0n) is 17.5. The van der Waals surface area contributed by atoms with Gasteiger partial charge in [-0.15, -0.1) is 10.2 Å². The molecule has 0 saturated heterocycles. The number of ether oxygens (including phenoxy) is 1. The molecule has 0 atom stereocenters. The van der Waals surface area contributed by atoms with Gasteiger partial charge in [0.1, 0.15) is 11.6 Å². The molecule has 0 saturated carbocycles. The maximum absolute atomic E-state index is 12.4. The summed E-state index contributed by atoms with van der Waals surface area (Å²) < 4.78 is 7.18. The van der Waals surface area contributed by atoms with Gasteiger partial charge < -0.3 is 19.9 Å². The quantitative estimate of drug-likeness (QED) is 0.468. The van der Waals surface area contributed by atoms with E-state index in [-0.39, 0.29) is 17.6 Å². The van der Waals surface area contributed by atoms with Crippen molar-refractivity contribution >= 4 is 35.0 Å². The highest BCUT2D eigenvalue weighted by molar-refractivity contribution is 7.99. The Balaban J connectivity index is 1.53. The Morgan fingerprint density at radius 3 is 2.48 bits per heavy atom. The number of amides is 2. The van der Waals surface area contributed by atoms with Gasteiger partial charge in [-0.25, -0.2) is 0 Å². The first-order chi connectivity index (χ1) is 15.1. The summed E-state index contributed by atoms with van der Waals surface area (Å²) in [6.07, 6.45) is 0.763. The number of aryl methyl sites for hydroxylation is 1. The fourth-order valence-corrected chi connectivity index (χ4v) is 3.78. The number of nitrogens with zero attached hydrogens (tertiary/aromatic N) is 3. The number of para-hydroxylation sites is 3. The minimum Gasteiger partial charge on any atom is -0.495 e. The summed E-state index contributed by atoms with van der Waals surface area (Å²) in [4.78, 5) is 24.5. The molecule has 162 valence electrons. The molecular weight excluding hydrogens is 414 g/mol. The van der Waals surface area contributed by atoms with Crippen LogP contribution in [-0.2, 0) is 22.6 Å². The topological polar surface area (TPSA) is 98.1 Å². The number of rotatable bonds is 10. The molecule has 31 heavy (non-hydrogen) atoms. The van der Waals surface area contributed by atoms with Crippen molar-refractivity contribution in [3.8, 4) is 5.75 Å². The zero-order chi connectivity index (χ0) is 22.1. The van der Waals surface area contributed by atoms with Gasteiger partial charge in [-0.1, -0.05) is 42.1 Å². The van der Waals surface area contributed by atoms with Gasteiger partial charge in [0.05, 0.1) is 18.6 Å². The lowest BCUT2D eigenvalue weighted by Gasteiger charge is -2.10. The second kappa shape index (κ2) is 11.2. The predicted octanol–water partition coefficient (Wildman–Crippen LogP) is 3.61. The summed E-state index contributed by atoms with van der Waals surface area (Å²) in [5.74, 6) is 1.27. The maximum atomic E-state index is 12.4. The highest BCUT2D eigenvalue weighted by atomic mass is 32.2. The van der Waals surface area contributed by atoms with Crippen molar-refractivity contribution < 1.29 is 14.3 Å². The van der Waals surface area contributed by atoms with Crippen LogP contribution in [0.25, 0.3) is 0 Å². The molecule has 0 fully saturated rings. The van der Waals surface area contributed by atoms with Crippen molar-refractivity contribution in [1.82, 2.24) is 14.8 Å². The van der Waals surface area contributed by atoms with Crippen LogP contribution >= 0.6 is 11.8 Å². The fraction of sp³-hybridized carbons (Fsp3) is 0.273. The van der Waals surface area contributed by atoms with Gasteiger partial charge in [0.2, 0.25) is 11.8 Å². The molecule has 2 amide bonds. The molecule has 9 heteroatoms. The number of carbonyl (C=O) groups excluding carboxylic acids is 2. The molecule has 8 nitrogen and oxygen atoms in total. The average molecular weight is 440 g/mol. The van der Waals surface area contributed by atoms with E-state index in [2.05, 4.69) is 20.8 Å². The first kappa shape index (κ1) is 22.4. The van der Waals surface area contributed by atoms with Crippen LogP contribution in [0.5, 0.6) is 5.75 Å². The first-order valence-electron chi connectivity index (χ1n) is 9.93. The van der Waals surface area contributed by atoms with Gasteiger partial charge in [0.25, 0.3) is 0 Å². The Morgan fingerprint density at radius 2 is 1.74 bits per heavy atom. The van der Waals surface area contributed by atoms with Crippen molar-refractivity contribution in [2.24, 2.45) is 0 Å². The Bertz CT molecular complexity index is 1020. The van der Waals surface area contributed by atoms with E-state index in [1.807, 2.05) is 54.0 Å². The summed E-state index contributed by atoms with van der Waals surface area (Å²) >= 11 is 1.31. The SMILES string of the molecule is CCn1c(CCC(=O)Nc2ccccc2)nnc1SCC(=O)Nc1ccccc1OC. The third-order valence-corrected chi connectivity index (χ3v) is 5.42. The molecule has 0 spiro atoms. The zero-order valence-corrected chi connectivity index (χ0v) is 18.3. The molecule has 0 bridgehead atoms. The smallest absolute Gasteiger partial charge is 0.234 e. The third-order valence-electron chi connectivity index (χ3n) is 4.46. The molecule has 0 aliphatic carbocycles. The normalized spacial score (nSPS) is 10.5. The highest BCUT2D eigenvalue weighted by Crippen LogP contribution is 2.24. The molecular formula is C22H25N5O3S. The van der Waals surface area contributed by atoms with E-state index in [4.69, 9.17) is 4.74 Å². The minimum absolute atomic E-state index is 0.0813. The van der Waals surface area contributed by atoms with Gasteiger partial charge in [0, 0.05) is 25.1 Å². The van der Waals surface area contributed by atoms with Crippen LogP contribution in [0.4, 0.5) is 11.4 Å². The predicted molar refractivity (Wildman–Crippen MR) is 121 cm³/mol. The first-order valence-corrected chi connectivity index (χ1v) is 10.9. The van der Waals surface area contributed by atoms with E-state index in [9.17, 15) is 9.59 Å². The number of hydrogen-bond acceptors (Lipinski definition) is 6. The summed E-state index contributed by atoms with van der Waals surface area (Å²) in [7, 11) is 1.56. The van der Waals surface area contributed by atoms with Crippen LogP contribution in [0.15, 0.2) is 59.8 Å². The van der Waals surface area contributed by atoms with Crippen molar-refractivity contribution in [3.05, 3.63) is 60.4 Å². The number of thioether (sulfide) groups is 1. The molecule has 1 heterocycles. The van der Waals surface area contributed by atoms with Crippen LogP contribution in [-0.4, -0.2) is 39.4 Å². The van der Waals surface area contributed by atoms with Gasteiger partial charge >= 0.3 is 0 Å². The monoisotopic (exact) mass is 439 g/mol. The van der Waals surface area contributed by atoms with Crippen LogP contribution in [0, 0.1) is 0 Å². The summed E-state index contributed by atoms with van der Waals surface area (Å²) in [5.41, 5.74) is 1.39. The van der Waals surface area contributed by atoms with E-state index < -0.39 is 0 Å². The lowest BCUT2D eigenvalue weighted by molar-refractivity contribution is -0.116.